The van der Waals surface area contributed by atoms with Crippen LogP contribution in [0.4, 0.5) is 4.79 Å². The minimum Gasteiger partial charge on any atom is -0.467 e. The van der Waals surface area contributed by atoms with Crippen molar-refractivity contribution in [3.8, 4) is 0 Å². The Hall–Kier alpha value is -2.05. The molecule has 0 aliphatic rings. The Morgan fingerprint density at radius 3 is 2.76 bits per heavy atom. The fraction of sp³-hybridized carbons (Fsp3) is 0.643. The molecule has 2 N–H and O–H groups in total. The molecule has 0 radical (unpaired) electrons. The van der Waals surface area contributed by atoms with Crippen LogP contribution in [0.2, 0.25) is 0 Å². The molecule has 0 bridgehead atoms. The Balaban J connectivity index is 2.31. The number of carbonyl (C=O) groups excluding carboxylic acids is 2. The minimum atomic E-state index is -0.617. The summed E-state index contributed by atoms with van der Waals surface area (Å²) < 4.78 is 6.66. The predicted molar refractivity (Wildman–Crippen MR) is 78.6 cm³/mol. The molecule has 1 rings (SSSR count). The number of hydrogen-bond donors (Lipinski definition) is 2. The summed E-state index contributed by atoms with van der Waals surface area (Å²) in [5, 5.41) is 5.41. The third-order valence-corrected chi connectivity index (χ3v) is 3.39. The summed E-state index contributed by atoms with van der Waals surface area (Å²) >= 11 is 0. The van der Waals surface area contributed by atoms with Gasteiger partial charge in [-0.1, -0.05) is 20.3 Å². The molecule has 0 spiro atoms. The van der Waals surface area contributed by atoms with Gasteiger partial charge in [0.2, 0.25) is 0 Å². The summed E-state index contributed by atoms with van der Waals surface area (Å²) in [5.74, 6) is -0.396. The monoisotopic (exact) mass is 296 g/mol. The van der Waals surface area contributed by atoms with Crippen molar-refractivity contribution in [1.29, 1.82) is 0 Å². The van der Waals surface area contributed by atoms with E-state index in [9.17, 15) is 9.59 Å². The Morgan fingerprint density at radius 1 is 1.43 bits per heavy atom. The summed E-state index contributed by atoms with van der Waals surface area (Å²) in [6.45, 7) is 5.18. The van der Waals surface area contributed by atoms with Gasteiger partial charge >= 0.3 is 12.0 Å². The lowest BCUT2D eigenvalue weighted by atomic mass is 9.99. The number of methoxy groups -OCH3 is 1. The number of urea groups is 1. The first-order valence-corrected chi connectivity index (χ1v) is 7.16. The average Bonchev–Trinajstić information content (AvgIpc) is 3.01. The molecular weight excluding hydrogens is 272 g/mol. The summed E-state index contributed by atoms with van der Waals surface area (Å²) in [5.41, 5.74) is 0. The molecule has 0 saturated heterocycles. The summed E-state index contributed by atoms with van der Waals surface area (Å²) in [4.78, 5) is 27.4. The van der Waals surface area contributed by atoms with Crippen LogP contribution in [0.5, 0.6) is 0 Å². The average molecular weight is 296 g/mol. The third kappa shape index (κ3) is 5.85. The first kappa shape index (κ1) is 17.0. The second-order valence-corrected chi connectivity index (χ2v) is 4.94. The number of aromatic nitrogens is 2. The summed E-state index contributed by atoms with van der Waals surface area (Å²) in [6, 6.07) is -0.968. The van der Waals surface area contributed by atoms with Crippen LogP contribution >= 0.6 is 0 Å². The largest absolute Gasteiger partial charge is 0.467 e. The van der Waals surface area contributed by atoms with Crippen LogP contribution in [-0.2, 0) is 16.1 Å². The lowest BCUT2D eigenvalue weighted by molar-refractivity contribution is -0.144. The Morgan fingerprint density at radius 2 is 2.19 bits per heavy atom. The standard InChI is InChI=1S/C14H24N4O3/c1-4-11(2)12(13(19)21-3)17-14(20)16-6-5-8-18-9-7-15-10-18/h7,9-12H,4-6,8H2,1-3H3,(H2,16,17,20)/t11?,12-/m0/s1. The third-order valence-electron chi connectivity index (χ3n) is 3.39. The van der Waals surface area contributed by atoms with E-state index < -0.39 is 12.0 Å². The normalized spacial score (nSPS) is 13.3. The van der Waals surface area contributed by atoms with Gasteiger partial charge in [-0.15, -0.1) is 0 Å². The molecule has 2 atom stereocenters. The molecule has 1 aromatic rings. The lowest BCUT2D eigenvalue weighted by Crippen LogP contribution is -2.49. The quantitative estimate of drug-likeness (QED) is 0.557. The molecule has 21 heavy (non-hydrogen) atoms. The molecule has 0 fully saturated rings. The van der Waals surface area contributed by atoms with Gasteiger partial charge in [0, 0.05) is 25.5 Å². The maximum Gasteiger partial charge on any atom is 0.328 e. The van der Waals surface area contributed by atoms with Gasteiger partial charge in [0.15, 0.2) is 0 Å². The number of hydrogen-bond acceptors (Lipinski definition) is 4. The van der Waals surface area contributed by atoms with E-state index in [0.717, 1.165) is 19.4 Å². The molecular formula is C14H24N4O3. The highest BCUT2D eigenvalue weighted by Crippen LogP contribution is 2.08. The van der Waals surface area contributed by atoms with E-state index in [4.69, 9.17) is 4.74 Å². The van der Waals surface area contributed by atoms with Crippen molar-refractivity contribution in [1.82, 2.24) is 20.2 Å². The number of rotatable bonds is 8. The molecule has 118 valence electrons. The van der Waals surface area contributed by atoms with Crippen molar-refractivity contribution in [2.45, 2.75) is 39.3 Å². The van der Waals surface area contributed by atoms with Gasteiger partial charge in [-0.25, -0.2) is 14.6 Å². The number of nitrogens with one attached hydrogen (secondary N) is 2. The molecule has 7 heteroatoms. The second kappa shape index (κ2) is 8.99. The minimum absolute atomic E-state index is 0.0224. The molecule has 0 aliphatic heterocycles. The van der Waals surface area contributed by atoms with Gasteiger partial charge < -0.3 is 19.9 Å². The SMILES string of the molecule is CCC(C)[C@H](NC(=O)NCCCn1ccnc1)C(=O)OC. The van der Waals surface area contributed by atoms with Gasteiger partial charge in [-0.05, 0) is 12.3 Å². The highest BCUT2D eigenvalue weighted by Gasteiger charge is 2.26. The maximum atomic E-state index is 11.8. The van der Waals surface area contributed by atoms with Crippen LogP contribution in [0.3, 0.4) is 0 Å². The first-order valence-electron chi connectivity index (χ1n) is 7.16. The smallest absolute Gasteiger partial charge is 0.328 e. The van der Waals surface area contributed by atoms with Crippen molar-refractivity contribution >= 4 is 12.0 Å². The molecule has 1 heterocycles. The van der Waals surface area contributed by atoms with E-state index >= 15 is 0 Å². The van der Waals surface area contributed by atoms with E-state index in [1.165, 1.54) is 7.11 Å². The fourth-order valence-corrected chi connectivity index (χ4v) is 1.87. The van der Waals surface area contributed by atoms with Gasteiger partial charge in [0.25, 0.3) is 0 Å². The zero-order chi connectivity index (χ0) is 15.7. The van der Waals surface area contributed by atoms with Crippen molar-refractivity contribution < 1.29 is 14.3 Å². The number of carbonyl (C=O) groups is 2. The number of aryl methyl sites for hydroxylation is 1. The van der Waals surface area contributed by atoms with Crippen molar-refractivity contribution in [3.63, 3.8) is 0 Å². The van der Waals surface area contributed by atoms with Crippen LogP contribution in [0.1, 0.15) is 26.7 Å². The van der Waals surface area contributed by atoms with Crippen molar-refractivity contribution in [3.05, 3.63) is 18.7 Å². The van der Waals surface area contributed by atoms with Crippen LogP contribution in [-0.4, -0.2) is 41.2 Å². The number of imidazole rings is 1. The molecule has 0 aromatic carbocycles. The van der Waals surface area contributed by atoms with E-state index in [-0.39, 0.29) is 11.9 Å². The molecule has 0 aliphatic carbocycles. The van der Waals surface area contributed by atoms with Gasteiger partial charge in [-0.3, -0.25) is 0 Å². The Kier molecular flexibility index (Phi) is 7.28. The topological polar surface area (TPSA) is 85.3 Å². The molecule has 1 unspecified atom stereocenters. The second-order valence-electron chi connectivity index (χ2n) is 4.94. The zero-order valence-electron chi connectivity index (χ0n) is 12.8. The maximum absolute atomic E-state index is 11.8. The fourth-order valence-electron chi connectivity index (χ4n) is 1.87. The summed E-state index contributed by atoms with van der Waals surface area (Å²) in [6.07, 6.45) is 6.89. The Bertz CT molecular complexity index is 433. The number of esters is 1. The number of ether oxygens (including phenoxy) is 1. The lowest BCUT2D eigenvalue weighted by Gasteiger charge is -2.22. The van der Waals surface area contributed by atoms with Gasteiger partial charge in [0.1, 0.15) is 6.04 Å². The molecule has 1 aromatic heterocycles. The van der Waals surface area contributed by atoms with Gasteiger partial charge in [-0.2, -0.15) is 0 Å². The van der Waals surface area contributed by atoms with E-state index in [0.29, 0.717) is 6.54 Å². The number of nitrogens with zero attached hydrogens (tertiary/aromatic N) is 2. The van der Waals surface area contributed by atoms with E-state index in [1.807, 2.05) is 24.6 Å². The van der Waals surface area contributed by atoms with Crippen LogP contribution in [0, 0.1) is 5.92 Å². The predicted octanol–water partition coefficient (Wildman–Crippen LogP) is 1.16. The van der Waals surface area contributed by atoms with Crippen LogP contribution < -0.4 is 10.6 Å². The van der Waals surface area contributed by atoms with Crippen molar-refractivity contribution in [2.24, 2.45) is 5.92 Å². The van der Waals surface area contributed by atoms with Crippen molar-refractivity contribution in [2.75, 3.05) is 13.7 Å². The van der Waals surface area contributed by atoms with Gasteiger partial charge in [0.05, 0.1) is 13.4 Å². The Labute approximate surface area is 125 Å². The van der Waals surface area contributed by atoms with E-state index in [1.54, 1.807) is 12.5 Å². The zero-order valence-corrected chi connectivity index (χ0v) is 12.8. The van der Waals surface area contributed by atoms with Crippen LogP contribution in [0.25, 0.3) is 0 Å². The summed E-state index contributed by atoms with van der Waals surface area (Å²) in [7, 11) is 1.32. The van der Waals surface area contributed by atoms with E-state index in [2.05, 4.69) is 15.6 Å². The number of amides is 2. The first-order chi connectivity index (χ1) is 10.1. The molecule has 2 amide bonds. The highest BCUT2D eigenvalue weighted by atomic mass is 16.5. The highest BCUT2D eigenvalue weighted by molar-refractivity contribution is 5.83. The van der Waals surface area contributed by atoms with Crippen LogP contribution in [0.15, 0.2) is 18.7 Å². The molecule has 0 saturated carbocycles. The molecule has 7 nitrogen and oxygen atoms in total.